The van der Waals surface area contributed by atoms with E-state index in [0.29, 0.717) is 34.9 Å². The van der Waals surface area contributed by atoms with Gasteiger partial charge in [-0.1, -0.05) is 54.1 Å². The van der Waals surface area contributed by atoms with Crippen molar-refractivity contribution in [2.45, 2.75) is 44.8 Å². The highest BCUT2D eigenvalue weighted by Crippen LogP contribution is 2.60. The number of sulfone groups is 1. The highest BCUT2D eigenvalue weighted by atomic mass is 35.5. The largest absolute Gasteiger partial charge is 0.368 e. The first-order valence-electron chi connectivity index (χ1n) is 11.9. The van der Waals surface area contributed by atoms with Crippen LogP contribution in [0.5, 0.6) is 0 Å². The van der Waals surface area contributed by atoms with Crippen molar-refractivity contribution in [2.24, 2.45) is 29.6 Å². The molecule has 4 nitrogen and oxygen atoms in total. The second kappa shape index (κ2) is 9.16. The van der Waals surface area contributed by atoms with Crippen LogP contribution < -0.4 is 0 Å². The van der Waals surface area contributed by atoms with E-state index < -0.39 is 21.4 Å². The van der Waals surface area contributed by atoms with Gasteiger partial charge in [0.2, 0.25) is 0 Å². The Labute approximate surface area is 201 Å². The number of benzene rings is 2. The van der Waals surface area contributed by atoms with Gasteiger partial charge in [0.05, 0.1) is 12.7 Å². The van der Waals surface area contributed by atoms with Crippen LogP contribution in [0.1, 0.15) is 59.7 Å². The van der Waals surface area contributed by atoms with Crippen LogP contribution in [-0.4, -0.2) is 26.2 Å². The summed E-state index contributed by atoms with van der Waals surface area (Å²) < 4.78 is 29.8. The number of carbonyl (C=O) groups excluding carboxylic acids is 1. The van der Waals surface area contributed by atoms with Crippen molar-refractivity contribution in [3.8, 4) is 0 Å². The third-order valence-corrected chi connectivity index (χ3v) is 9.06. The predicted molar refractivity (Wildman–Crippen MR) is 130 cm³/mol. The molecule has 0 radical (unpaired) electrons. The van der Waals surface area contributed by atoms with Gasteiger partial charge in [0.1, 0.15) is 5.75 Å². The summed E-state index contributed by atoms with van der Waals surface area (Å²) in [6.45, 7) is 0.513. The number of halogens is 1. The lowest BCUT2D eigenvalue weighted by Crippen LogP contribution is -2.47. The van der Waals surface area contributed by atoms with Gasteiger partial charge in [-0.05, 0) is 78.9 Å². The van der Waals surface area contributed by atoms with Crippen LogP contribution in [0.15, 0.2) is 48.5 Å². The van der Waals surface area contributed by atoms with Crippen molar-refractivity contribution in [3.05, 3.63) is 70.2 Å². The molecule has 0 N–H and O–H groups in total. The van der Waals surface area contributed by atoms with Gasteiger partial charge in [-0.3, -0.25) is 4.79 Å². The smallest absolute Gasteiger partial charge is 0.177 e. The van der Waals surface area contributed by atoms with Crippen molar-refractivity contribution in [2.75, 3.05) is 12.0 Å². The van der Waals surface area contributed by atoms with Gasteiger partial charge >= 0.3 is 0 Å². The second-order valence-corrected chi connectivity index (χ2v) is 13.0. The molecule has 4 fully saturated rings. The first-order chi connectivity index (χ1) is 15.8. The van der Waals surface area contributed by atoms with Crippen LogP contribution in [0.25, 0.3) is 0 Å². The van der Waals surface area contributed by atoms with Gasteiger partial charge in [-0.2, -0.15) is 0 Å². The summed E-state index contributed by atoms with van der Waals surface area (Å²) in [5, 5.41) is 0.487. The SMILES string of the molecule is CS(=O)(=O)CC(=O)c1ccc(C(OCc2ccccc2)C2C3CC4CC(C3)CC2C4)c(Cl)c1. The van der Waals surface area contributed by atoms with Gasteiger partial charge in [0.25, 0.3) is 0 Å². The lowest BCUT2D eigenvalue weighted by Gasteiger charge is -2.56. The third-order valence-electron chi connectivity index (χ3n) is 7.94. The monoisotopic (exact) mass is 486 g/mol. The summed E-state index contributed by atoms with van der Waals surface area (Å²) in [6, 6.07) is 15.4. The molecule has 0 amide bonds. The molecule has 1 atom stereocenters. The highest BCUT2D eigenvalue weighted by Gasteiger charge is 2.51. The van der Waals surface area contributed by atoms with Gasteiger partial charge in [0, 0.05) is 16.8 Å². The summed E-state index contributed by atoms with van der Waals surface area (Å²) in [4.78, 5) is 12.4. The van der Waals surface area contributed by atoms with E-state index in [1.54, 1.807) is 12.1 Å². The average Bonchev–Trinajstić information content (AvgIpc) is 2.75. The van der Waals surface area contributed by atoms with Crippen LogP contribution in [0.4, 0.5) is 0 Å². The topological polar surface area (TPSA) is 60.4 Å². The molecule has 2 aromatic rings. The van der Waals surface area contributed by atoms with Gasteiger partial charge < -0.3 is 4.74 Å². The number of rotatable bonds is 8. The molecule has 2 aromatic carbocycles. The summed E-state index contributed by atoms with van der Waals surface area (Å²) in [5.41, 5.74) is 2.38. The first kappa shape index (κ1) is 23.1. The Bertz CT molecular complexity index is 1100. The minimum absolute atomic E-state index is 0.133. The molecule has 6 rings (SSSR count). The Morgan fingerprint density at radius 1 is 1.00 bits per heavy atom. The summed E-state index contributed by atoms with van der Waals surface area (Å²) >= 11 is 6.75. The summed E-state index contributed by atoms with van der Waals surface area (Å²) in [6.07, 6.45) is 7.47. The minimum Gasteiger partial charge on any atom is -0.368 e. The number of ketones is 1. The van der Waals surface area contributed by atoms with Crippen LogP contribution >= 0.6 is 11.6 Å². The van der Waals surface area contributed by atoms with Crippen LogP contribution in [0.3, 0.4) is 0 Å². The van der Waals surface area contributed by atoms with Crippen LogP contribution in [-0.2, 0) is 21.2 Å². The van der Waals surface area contributed by atoms with E-state index in [1.165, 1.54) is 32.1 Å². The van der Waals surface area contributed by atoms with Crippen molar-refractivity contribution in [1.82, 2.24) is 0 Å². The molecule has 0 aromatic heterocycles. The fraction of sp³-hybridized carbons (Fsp3) is 0.519. The molecule has 6 heteroatoms. The molecule has 0 heterocycles. The Kier molecular flexibility index (Phi) is 6.41. The normalized spacial score (nSPS) is 29.2. The first-order valence-corrected chi connectivity index (χ1v) is 14.4. The maximum atomic E-state index is 12.4. The van der Waals surface area contributed by atoms with E-state index in [9.17, 15) is 13.2 Å². The molecule has 4 bridgehead atoms. The lowest BCUT2D eigenvalue weighted by molar-refractivity contribution is -0.118. The molecule has 0 saturated heterocycles. The Balaban J connectivity index is 1.44. The third kappa shape index (κ3) is 5.06. The van der Waals surface area contributed by atoms with Crippen molar-refractivity contribution in [3.63, 3.8) is 0 Å². The molecule has 4 saturated carbocycles. The molecule has 176 valence electrons. The van der Waals surface area contributed by atoms with E-state index >= 15 is 0 Å². The summed E-state index contributed by atoms with van der Waals surface area (Å²) in [7, 11) is -3.40. The van der Waals surface area contributed by atoms with Crippen molar-refractivity contribution in [1.29, 1.82) is 0 Å². The van der Waals surface area contributed by atoms with Crippen LogP contribution in [0.2, 0.25) is 5.02 Å². The van der Waals surface area contributed by atoms with E-state index in [-0.39, 0.29) is 6.10 Å². The molecule has 1 unspecified atom stereocenters. The Hall–Kier alpha value is -1.69. The van der Waals surface area contributed by atoms with E-state index in [0.717, 1.165) is 29.2 Å². The average molecular weight is 487 g/mol. The van der Waals surface area contributed by atoms with Crippen molar-refractivity contribution >= 4 is 27.2 Å². The highest BCUT2D eigenvalue weighted by molar-refractivity contribution is 7.91. The zero-order chi connectivity index (χ0) is 23.2. The summed E-state index contributed by atoms with van der Waals surface area (Å²) in [5.74, 6) is 2.54. The molecule has 0 spiro atoms. The molecular formula is C27H31ClO4S. The Morgan fingerprint density at radius 2 is 1.64 bits per heavy atom. The quantitative estimate of drug-likeness (QED) is 0.436. The van der Waals surface area contributed by atoms with E-state index in [1.807, 2.05) is 24.3 Å². The maximum absolute atomic E-state index is 12.4. The minimum atomic E-state index is -3.40. The molecule has 4 aliphatic rings. The van der Waals surface area contributed by atoms with Gasteiger partial charge in [-0.15, -0.1) is 0 Å². The van der Waals surface area contributed by atoms with Gasteiger partial charge in [-0.25, -0.2) is 8.42 Å². The molecule has 4 aliphatic carbocycles. The number of ether oxygens (including phenoxy) is 1. The molecule has 0 aliphatic heterocycles. The van der Waals surface area contributed by atoms with Crippen LogP contribution in [0, 0.1) is 29.6 Å². The molecular weight excluding hydrogens is 456 g/mol. The number of hydrogen-bond acceptors (Lipinski definition) is 4. The zero-order valence-corrected chi connectivity index (χ0v) is 20.5. The second-order valence-electron chi connectivity index (χ2n) is 10.5. The standard InChI is InChI=1S/C27H31ClO4S/c1-33(30,31)16-25(29)20-7-8-23(24(28)14-20)27(32-15-17-5-3-2-4-6-17)26-21-10-18-9-19(12-21)13-22(26)11-18/h2-8,14,18-19,21-22,26-27H,9-13,15-16H2,1H3. The van der Waals surface area contributed by atoms with E-state index in [2.05, 4.69) is 12.1 Å². The molecule has 33 heavy (non-hydrogen) atoms. The fourth-order valence-electron chi connectivity index (χ4n) is 6.88. The lowest BCUT2D eigenvalue weighted by atomic mass is 9.50. The fourth-order valence-corrected chi connectivity index (χ4v) is 7.81. The predicted octanol–water partition coefficient (Wildman–Crippen LogP) is 5.90. The van der Waals surface area contributed by atoms with Gasteiger partial charge in [0.15, 0.2) is 15.6 Å². The maximum Gasteiger partial charge on any atom is 0.177 e. The number of carbonyl (C=O) groups is 1. The Morgan fingerprint density at radius 3 is 2.21 bits per heavy atom. The van der Waals surface area contributed by atoms with E-state index in [4.69, 9.17) is 16.3 Å². The number of Topliss-reactive ketones (excluding diaryl/α,β-unsaturated/α-hetero) is 1. The number of hydrogen-bond donors (Lipinski definition) is 0. The van der Waals surface area contributed by atoms with Crippen molar-refractivity contribution < 1.29 is 17.9 Å². The zero-order valence-electron chi connectivity index (χ0n) is 19.0.